The lowest BCUT2D eigenvalue weighted by Crippen LogP contribution is -2.31. The summed E-state index contributed by atoms with van der Waals surface area (Å²) in [6, 6.07) is 6.31. The van der Waals surface area contributed by atoms with Gasteiger partial charge in [0, 0.05) is 18.1 Å². The van der Waals surface area contributed by atoms with E-state index in [1.165, 1.54) is 17.0 Å². The molecule has 1 aromatic carbocycles. The van der Waals surface area contributed by atoms with Crippen molar-refractivity contribution in [2.45, 2.75) is 6.92 Å². The van der Waals surface area contributed by atoms with Gasteiger partial charge in [0.15, 0.2) is 0 Å². The number of rotatable bonds is 3. The summed E-state index contributed by atoms with van der Waals surface area (Å²) in [7, 11) is 1.55. The van der Waals surface area contributed by atoms with Crippen molar-refractivity contribution >= 4 is 21.8 Å². The second kappa shape index (κ2) is 5.78. The number of carbonyl (C=O) groups is 1. The molecule has 1 amide bonds. The minimum Gasteiger partial charge on any atom is -0.340 e. The summed E-state index contributed by atoms with van der Waals surface area (Å²) in [5, 5.41) is 8.66. The maximum Gasteiger partial charge on any atom is 0.256 e. The first-order valence-corrected chi connectivity index (χ1v) is 5.85. The fourth-order valence-corrected chi connectivity index (χ4v) is 1.74. The summed E-state index contributed by atoms with van der Waals surface area (Å²) >= 11 is 3.13. The Balaban J connectivity index is 2.86. The van der Waals surface area contributed by atoms with E-state index in [0.717, 1.165) is 0 Å². The molecule has 0 radical (unpaired) electrons. The largest absolute Gasteiger partial charge is 0.340 e. The molecule has 0 aromatic heterocycles. The van der Waals surface area contributed by atoms with Crippen LogP contribution in [0.1, 0.15) is 17.3 Å². The van der Waals surface area contributed by atoms with Crippen LogP contribution in [0.4, 0.5) is 4.39 Å². The van der Waals surface area contributed by atoms with Gasteiger partial charge >= 0.3 is 0 Å². The van der Waals surface area contributed by atoms with E-state index in [1.54, 1.807) is 20.0 Å². The third-order valence-corrected chi connectivity index (χ3v) is 2.77. The van der Waals surface area contributed by atoms with Crippen molar-refractivity contribution < 1.29 is 9.18 Å². The van der Waals surface area contributed by atoms with E-state index in [9.17, 15) is 9.18 Å². The fourth-order valence-electron chi connectivity index (χ4n) is 1.40. The number of carbonyl (C=O) groups excluding carboxylic acids is 1. The Morgan fingerprint density at radius 1 is 1.65 bits per heavy atom. The van der Waals surface area contributed by atoms with Crippen LogP contribution in [0.3, 0.4) is 0 Å². The highest BCUT2D eigenvalue weighted by Crippen LogP contribution is 2.16. The van der Waals surface area contributed by atoms with Gasteiger partial charge in [-0.25, -0.2) is 4.39 Å². The van der Waals surface area contributed by atoms with Gasteiger partial charge in [-0.1, -0.05) is 15.9 Å². The molecule has 0 heterocycles. The molecular formula is C12H12BrFN2O. The minimum absolute atomic E-state index is 0.0147. The van der Waals surface area contributed by atoms with Crippen LogP contribution in [0.5, 0.6) is 0 Å². The number of amides is 1. The SMILES string of the molecule is C[C@@H](C#N)CN(C)C(=O)c1ccc(Br)cc1F. The second-order valence-corrected chi connectivity index (χ2v) is 4.76. The zero-order chi connectivity index (χ0) is 13.0. The molecule has 90 valence electrons. The van der Waals surface area contributed by atoms with Crippen molar-refractivity contribution in [3.63, 3.8) is 0 Å². The Labute approximate surface area is 108 Å². The smallest absolute Gasteiger partial charge is 0.256 e. The summed E-state index contributed by atoms with van der Waals surface area (Å²) in [4.78, 5) is 13.2. The summed E-state index contributed by atoms with van der Waals surface area (Å²) in [6.07, 6.45) is 0. The van der Waals surface area contributed by atoms with E-state index in [0.29, 0.717) is 4.47 Å². The van der Waals surface area contributed by atoms with Crippen LogP contribution in [0, 0.1) is 23.1 Å². The molecule has 0 bridgehead atoms. The number of hydrogen-bond donors (Lipinski definition) is 0. The van der Waals surface area contributed by atoms with Gasteiger partial charge in [0.1, 0.15) is 5.82 Å². The molecule has 1 aromatic rings. The van der Waals surface area contributed by atoms with Gasteiger partial charge in [0.25, 0.3) is 5.91 Å². The summed E-state index contributed by atoms with van der Waals surface area (Å²) < 4.78 is 14.1. The molecule has 0 N–H and O–H groups in total. The third kappa shape index (κ3) is 3.53. The predicted molar refractivity (Wildman–Crippen MR) is 65.8 cm³/mol. The Morgan fingerprint density at radius 2 is 2.29 bits per heavy atom. The Kier molecular flexibility index (Phi) is 4.64. The Bertz CT molecular complexity index is 470. The molecule has 0 saturated heterocycles. The summed E-state index contributed by atoms with van der Waals surface area (Å²) in [6.45, 7) is 1.99. The van der Waals surface area contributed by atoms with Gasteiger partial charge in [0.05, 0.1) is 17.6 Å². The zero-order valence-electron chi connectivity index (χ0n) is 9.58. The molecule has 0 spiro atoms. The maximum absolute atomic E-state index is 13.5. The van der Waals surface area contributed by atoms with E-state index < -0.39 is 11.7 Å². The molecule has 0 saturated carbocycles. The van der Waals surface area contributed by atoms with Crippen LogP contribution in [0.15, 0.2) is 22.7 Å². The molecule has 17 heavy (non-hydrogen) atoms. The quantitative estimate of drug-likeness (QED) is 0.861. The van der Waals surface area contributed by atoms with Gasteiger partial charge < -0.3 is 4.90 Å². The fraction of sp³-hybridized carbons (Fsp3) is 0.333. The van der Waals surface area contributed by atoms with Crippen molar-refractivity contribution in [2.24, 2.45) is 5.92 Å². The van der Waals surface area contributed by atoms with Crippen molar-refractivity contribution in [3.8, 4) is 6.07 Å². The van der Waals surface area contributed by atoms with Crippen molar-refractivity contribution in [2.75, 3.05) is 13.6 Å². The van der Waals surface area contributed by atoms with Crippen molar-refractivity contribution in [1.29, 1.82) is 5.26 Å². The maximum atomic E-state index is 13.5. The van der Waals surface area contributed by atoms with Crippen LogP contribution in [-0.4, -0.2) is 24.4 Å². The van der Waals surface area contributed by atoms with Gasteiger partial charge in [0.2, 0.25) is 0 Å². The lowest BCUT2D eigenvalue weighted by Gasteiger charge is -2.18. The molecule has 0 aliphatic rings. The highest BCUT2D eigenvalue weighted by molar-refractivity contribution is 9.10. The van der Waals surface area contributed by atoms with Gasteiger partial charge in [-0.05, 0) is 25.1 Å². The van der Waals surface area contributed by atoms with Crippen LogP contribution in [0.2, 0.25) is 0 Å². The van der Waals surface area contributed by atoms with Crippen molar-refractivity contribution in [3.05, 3.63) is 34.1 Å². The molecule has 0 aliphatic heterocycles. The lowest BCUT2D eigenvalue weighted by molar-refractivity contribution is 0.0780. The monoisotopic (exact) mass is 298 g/mol. The number of halogens is 2. The van der Waals surface area contributed by atoms with E-state index in [2.05, 4.69) is 15.9 Å². The molecule has 5 heteroatoms. The van der Waals surface area contributed by atoms with Crippen LogP contribution >= 0.6 is 15.9 Å². The normalized spacial score (nSPS) is 11.7. The lowest BCUT2D eigenvalue weighted by atomic mass is 10.1. The first kappa shape index (κ1) is 13.7. The molecule has 0 unspecified atom stereocenters. The van der Waals surface area contributed by atoms with Crippen LogP contribution < -0.4 is 0 Å². The minimum atomic E-state index is -0.569. The Morgan fingerprint density at radius 3 is 2.82 bits per heavy atom. The Hall–Kier alpha value is -1.41. The number of nitrogens with zero attached hydrogens (tertiary/aromatic N) is 2. The van der Waals surface area contributed by atoms with Crippen LogP contribution in [-0.2, 0) is 0 Å². The van der Waals surface area contributed by atoms with Crippen molar-refractivity contribution in [1.82, 2.24) is 4.90 Å². The van der Waals surface area contributed by atoms with E-state index in [-0.39, 0.29) is 18.0 Å². The highest BCUT2D eigenvalue weighted by atomic mass is 79.9. The number of hydrogen-bond acceptors (Lipinski definition) is 2. The van der Waals surface area contributed by atoms with Gasteiger partial charge in [-0.15, -0.1) is 0 Å². The topological polar surface area (TPSA) is 44.1 Å². The third-order valence-electron chi connectivity index (χ3n) is 2.28. The molecule has 0 fully saturated rings. The van der Waals surface area contributed by atoms with Gasteiger partial charge in [-0.2, -0.15) is 5.26 Å². The second-order valence-electron chi connectivity index (χ2n) is 3.84. The average Bonchev–Trinajstić information content (AvgIpc) is 2.28. The van der Waals surface area contributed by atoms with E-state index >= 15 is 0 Å². The number of nitriles is 1. The molecule has 1 atom stereocenters. The van der Waals surface area contributed by atoms with Crippen LogP contribution in [0.25, 0.3) is 0 Å². The molecule has 3 nitrogen and oxygen atoms in total. The zero-order valence-corrected chi connectivity index (χ0v) is 11.2. The van der Waals surface area contributed by atoms with E-state index in [4.69, 9.17) is 5.26 Å². The molecule has 0 aliphatic carbocycles. The molecule has 1 rings (SSSR count). The average molecular weight is 299 g/mol. The summed E-state index contributed by atoms with van der Waals surface area (Å²) in [5.41, 5.74) is 0.0147. The van der Waals surface area contributed by atoms with E-state index in [1.807, 2.05) is 6.07 Å². The standard InChI is InChI=1S/C12H12BrFN2O/c1-8(6-15)7-16(2)12(17)10-4-3-9(13)5-11(10)14/h3-5,8H,7H2,1-2H3/t8-/m0/s1. The highest BCUT2D eigenvalue weighted by Gasteiger charge is 2.17. The first-order valence-electron chi connectivity index (χ1n) is 5.06. The summed E-state index contributed by atoms with van der Waals surface area (Å²) in [5.74, 6) is -1.26. The number of benzene rings is 1. The first-order chi connectivity index (χ1) is 7.95. The predicted octanol–water partition coefficient (Wildman–Crippen LogP) is 2.82. The molecular weight excluding hydrogens is 287 g/mol. The van der Waals surface area contributed by atoms with Gasteiger partial charge in [-0.3, -0.25) is 4.79 Å².